The van der Waals surface area contributed by atoms with Gasteiger partial charge in [0, 0.05) is 31.0 Å². The van der Waals surface area contributed by atoms with Crippen LogP contribution >= 0.6 is 11.3 Å². The third-order valence-corrected chi connectivity index (χ3v) is 7.57. The summed E-state index contributed by atoms with van der Waals surface area (Å²) in [5.74, 6) is 0.0738. The minimum atomic E-state index is -0.736. The lowest BCUT2D eigenvalue weighted by Gasteiger charge is -2.25. The molecule has 0 bridgehead atoms. The van der Waals surface area contributed by atoms with Crippen LogP contribution in [0.1, 0.15) is 70.9 Å². The van der Waals surface area contributed by atoms with Gasteiger partial charge in [-0.05, 0) is 53.1 Å². The zero-order valence-corrected chi connectivity index (χ0v) is 24.4. The third-order valence-electron chi connectivity index (χ3n) is 6.68. The molecule has 0 aliphatic rings. The normalized spacial score (nSPS) is 12.8. The molecule has 0 aliphatic carbocycles. The molecule has 3 rings (SSSR count). The average molecular weight is 537 g/mol. The number of hydrogen-bond acceptors (Lipinski definition) is 6. The van der Waals surface area contributed by atoms with Gasteiger partial charge in [-0.1, -0.05) is 77.5 Å². The molecule has 0 saturated carbocycles. The molecule has 0 spiro atoms. The first kappa shape index (κ1) is 29.1. The van der Waals surface area contributed by atoms with Crippen molar-refractivity contribution < 1.29 is 9.59 Å². The molecule has 204 valence electrons. The van der Waals surface area contributed by atoms with Crippen LogP contribution in [0.15, 0.2) is 42.5 Å². The number of rotatable bonds is 10. The van der Waals surface area contributed by atoms with Crippen LogP contribution in [0.3, 0.4) is 0 Å². The van der Waals surface area contributed by atoms with Crippen LogP contribution < -0.4 is 20.9 Å². The Hall–Kier alpha value is -3.46. The Morgan fingerprint density at radius 2 is 1.50 bits per heavy atom. The van der Waals surface area contributed by atoms with E-state index in [0.29, 0.717) is 10.1 Å². The monoisotopic (exact) mass is 536 g/mol. The number of urea groups is 1. The smallest absolute Gasteiger partial charge is 0.319 e. The van der Waals surface area contributed by atoms with Crippen molar-refractivity contribution in [3.8, 4) is 10.6 Å². The highest BCUT2D eigenvalue weighted by Crippen LogP contribution is 2.32. The lowest BCUT2D eigenvalue weighted by molar-refractivity contribution is -0.119. The fourth-order valence-corrected chi connectivity index (χ4v) is 4.92. The molecule has 9 heteroatoms. The predicted octanol–water partition coefficient (Wildman–Crippen LogP) is 6.69. The summed E-state index contributed by atoms with van der Waals surface area (Å²) in [6, 6.07) is 12.9. The highest BCUT2D eigenvalue weighted by molar-refractivity contribution is 7.18. The van der Waals surface area contributed by atoms with Gasteiger partial charge in [-0.3, -0.25) is 10.1 Å². The minimum absolute atomic E-state index is 0.0865. The van der Waals surface area contributed by atoms with Crippen molar-refractivity contribution in [2.75, 3.05) is 29.6 Å². The SMILES string of the molecule is CCC(C)C(NC(=O)Nc1c(C(C)C)cccc1C(C)C)C(=O)Nc1nnc(-c2ccc(N(C)C)cc2)s1. The molecule has 38 heavy (non-hydrogen) atoms. The molecule has 3 amide bonds. The Morgan fingerprint density at radius 3 is 2.03 bits per heavy atom. The van der Waals surface area contributed by atoms with E-state index in [4.69, 9.17) is 0 Å². The van der Waals surface area contributed by atoms with Crippen LogP contribution in [0, 0.1) is 5.92 Å². The van der Waals surface area contributed by atoms with Crippen LogP contribution in [0.4, 0.5) is 21.3 Å². The molecule has 8 nitrogen and oxygen atoms in total. The number of carbonyl (C=O) groups excluding carboxylic acids is 2. The highest BCUT2D eigenvalue weighted by atomic mass is 32.1. The number of benzene rings is 2. The van der Waals surface area contributed by atoms with Crippen LogP contribution in [-0.4, -0.2) is 42.3 Å². The topological polar surface area (TPSA) is 99.2 Å². The number of aromatic nitrogens is 2. The fraction of sp³-hybridized carbons (Fsp3) is 0.448. The summed E-state index contributed by atoms with van der Waals surface area (Å²) in [7, 11) is 3.98. The van der Waals surface area contributed by atoms with E-state index in [0.717, 1.165) is 34.5 Å². The maximum atomic E-state index is 13.3. The molecule has 3 N–H and O–H groups in total. The Bertz CT molecular complexity index is 1210. The van der Waals surface area contributed by atoms with Crippen molar-refractivity contribution in [1.82, 2.24) is 15.5 Å². The van der Waals surface area contributed by atoms with Gasteiger partial charge in [-0.2, -0.15) is 0 Å². The van der Waals surface area contributed by atoms with E-state index >= 15 is 0 Å². The average Bonchev–Trinajstić information content (AvgIpc) is 3.35. The van der Waals surface area contributed by atoms with E-state index < -0.39 is 12.1 Å². The van der Waals surface area contributed by atoms with Crippen molar-refractivity contribution in [3.05, 3.63) is 53.6 Å². The fourth-order valence-electron chi connectivity index (χ4n) is 4.16. The Morgan fingerprint density at radius 1 is 0.895 bits per heavy atom. The molecule has 0 radical (unpaired) electrons. The van der Waals surface area contributed by atoms with E-state index in [2.05, 4.69) is 53.8 Å². The van der Waals surface area contributed by atoms with Crippen molar-refractivity contribution in [3.63, 3.8) is 0 Å². The Labute approximate surface area is 230 Å². The maximum Gasteiger partial charge on any atom is 0.319 e. The van der Waals surface area contributed by atoms with Gasteiger partial charge < -0.3 is 15.5 Å². The van der Waals surface area contributed by atoms with Gasteiger partial charge in [-0.25, -0.2) is 4.79 Å². The molecular weight excluding hydrogens is 496 g/mol. The first-order valence-corrected chi connectivity index (χ1v) is 14.0. The lowest BCUT2D eigenvalue weighted by atomic mass is 9.92. The molecule has 2 unspecified atom stereocenters. The van der Waals surface area contributed by atoms with Gasteiger partial charge in [0.05, 0.1) is 0 Å². The second-order valence-electron chi connectivity index (χ2n) is 10.4. The highest BCUT2D eigenvalue weighted by Gasteiger charge is 2.28. The summed E-state index contributed by atoms with van der Waals surface area (Å²) in [6.45, 7) is 12.4. The van der Waals surface area contributed by atoms with Gasteiger partial charge in [0.2, 0.25) is 11.0 Å². The zero-order valence-electron chi connectivity index (χ0n) is 23.6. The third kappa shape index (κ3) is 7.10. The van der Waals surface area contributed by atoms with E-state index in [1.807, 2.05) is 75.3 Å². The van der Waals surface area contributed by atoms with Crippen molar-refractivity contribution in [2.45, 2.75) is 65.8 Å². The van der Waals surface area contributed by atoms with Crippen molar-refractivity contribution >= 4 is 39.8 Å². The van der Waals surface area contributed by atoms with Crippen LogP contribution in [-0.2, 0) is 4.79 Å². The maximum absolute atomic E-state index is 13.3. The van der Waals surface area contributed by atoms with Gasteiger partial charge in [0.25, 0.3) is 0 Å². The van der Waals surface area contributed by atoms with Gasteiger partial charge in [0.15, 0.2) is 0 Å². The van der Waals surface area contributed by atoms with E-state index in [1.54, 1.807) is 0 Å². The van der Waals surface area contributed by atoms with Gasteiger partial charge in [0.1, 0.15) is 11.0 Å². The Kier molecular flexibility index (Phi) is 9.85. The molecule has 1 aromatic heterocycles. The predicted molar refractivity (Wildman–Crippen MR) is 158 cm³/mol. The van der Waals surface area contributed by atoms with Crippen molar-refractivity contribution in [2.24, 2.45) is 5.92 Å². The standard InChI is InChI=1S/C29H40N6O2S/c1-9-19(6)24(30-28(37)31-25-22(17(2)3)11-10-12-23(25)18(4)5)26(36)32-29-34-33-27(38-29)20-13-15-21(16-14-20)35(7)8/h10-19,24H,9H2,1-8H3,(H2,30,31,37)(H,32,34,36). The number of nitrogens with one attached hydrogen (secondary N) is 3. The van der Waals surface area contributed by atoms with E-state index in [1.165, 1.54) is 11.3 Å². The number of carbonyl (C=O) groups is 2. The quantitative estimate of drug-likeness (QED) is 0.268. The molecule has 2 aromatic carbocycles. The molecule has 3 aromatic rings. The summed E-state index contributed by atoms with van der Waals surface area (Å²) in [5.41, 5.74) is 4.96. The number of para-hydroxylation sites is 1. The van der Waals surface area contributed by atoms with Gasteiger partial charge >= 0.3 is 6.03 Å². The lowest BCUT2D eigenvalue weighted by Crippen LogP contribution is -2.49. The number of nitrogens with zero attached hydrogens (tertiary/aromatic N) is 3. The first-order valence-electron chi connectivity index (χ1n) is 13.1. The Balaban J connectivity index is 1.75. The molecule has 1 heterocycles. The summed E-state index contributed by atoms with van der Waals surface area (Å²) in [6.07, 6.45) is 0.720. The van der Waals surface area contributed by atoms with E-state index in [-0.39, 0.29) is 23.7 Å². The number of amides is 3. The molecule has 0 saturated heterocycles. The second-order valence-corrected chi connectivity index (χ2v) is 11.4. The van der Waals surface area contributed by atoms with Crippen LogP contribution in [0.25, 0.3) is 10.6 Å². The molecule has 0 fully saturated rings. The second kappa shape index (κ2) is 12.9. The summed E-state index contributed by atoms with van der Waals surface area (Å²) < 4.78 is 0. The van der Waals surface area contributed by atoms with Gasteiger partial charge in [-0.15, -0.1) is 10.2 Å². The zero-order chi connectivity index (χ0) is 28.0. The van der Waals surface area contributed by atoms with Crippen LogP contribution in [0.5, 0.6) is 0 Å². The summed E-state index contributed by atoms with van der Waals surface area (Å²) in [4.78, 5) is 28.5. The molecule has 0 aliphatic heterocycles. The largest absolute Gasteiger partial charge is 0.378 e. The molecular formula is C29H40N6O2S. The number of anilines is 3. The molecule has 2 atom stereocenters. The van der Waals surface area contributed by atoms with Crippen LogP contribution in [0.2, 0.25) is 0 Å². The van der Waals surface area contributed by atoms with Crippen molar-refractivity contribution in [1.29, 1.82) is 0 Å². The first-order chi connectivity index (χ1) is 18.0. The summed E-state index contributed by atoms with van der Waals surface area (Å²) >= 11 is 1.30. The minimum Gasteiger partial charge on any atom is -0.378 e. The summed E-state index contributed by atoms with van der Waals surface area (Å²) in [5, 5.41) is 18.3. The van der Waals surface area contributed by atoms with E-state index in [9.17, 15) is 9.59 Å². The number of hydrogen-bond donors (Lipinski definition) is 3.